The van der Waals surface area contributed by atoms with Crippen LogP contribution in [-0.4, -0.2) is 15.6 Å². The Labute approximate surface area is 137 Å². The maximum atomic E-state index is 13.8. The highest BCUT2D eigenvalue weighted by atomic mass is 19.4. The maximum Gasteiger partial charge on any atom is 0.418 e. The summed E-state index contributed by atoms with van der Waals surface area (Å²) in [6, 6.07) is 4.72. The van der Waals surface area contributed by atoms with Crippen LogP contribution < -0.4 is 0 Å². The number of hydrogen-bond acceptors (Lipinski definition) is 2. The molecule has 132 valence electrons. The Bertz CT molecular complexity index is 878. The van der Waals surface area contributed by atoms with Crippen LogP contribution in [0.25, 0.3) is 5.69 Å². The molecule has 3 rings (SSSR count). The molecule has 1 aliphatic carbocycles. The lowest BCUT2D eigenvalue weighted by molar-refractivity contribution is -0.147. The predicted molar refractivity (Wildman–Crippen MR) is 73.7 cm³/mol. The monoisotopic (exact) mass is 360 g/mol. The molecule has 2 aromatic rings. The second-order valence-corrected chi connectivity index (χ2v) is 5.71. The summed E-state index contributed by atoms with van der Waals surface area (Å²) in [5.41, 5.74) is -2.80. The van der Waals surface area contributed by atoms with Crippen LogP contribution in [-0.2, 0) is 12.6 Å². The fraction of sp³-hybridized carbons (Fsp3) is 0.312. The summed E-state index contributed by atoms with van der Waals surface area (Å²) in [5.74, 6) is -4.63. The second kappa shape index (κ2) is 5.52. The van der Waals surface area contributed by atoms with Gasteiger partial charge in [0, 0.05) is 29.6 Å². The van der Waals surface area contributed by atoms with Gasteiger partial charge in [0.05, 0.1) is 11.1 Å². The largest absolute Gasteiger partial charge is 0.418 e. The van der Waals surface area contributed by atoms with Crippen LogP contribution in [0.15, 0.2) is 24.4 Å². The lowest BCUT2D eigenvalue weighted by atomic mass is 9.89. The molecule has 1 heterocycles. The van der Waals surface area contributed by atoms with Gasteiger partial charge in [0.15, 0.2) is 0 Å². The molecule has 1 unspecified atom stereocenters. The molecule has 0 spiro atoms. The Kier molecular flexibility index (Phi) is 3.84. The third kappa shape index (κ3) is 2.76. The second-order valence-electron chi connectivity index (χ2n) is 5.71. The van der Waals surface area contributed by atoms with Crippen molar-refractivity contribution in [2.75, 3.05) is 0 Å². The number of nitriles is 1. The summed E-state index contributed by atoms with van der Waals surface area (Å²) in [4.78, 5) is 0. The number of fused-ring (bicyclic) bond motifs is 1. The van der Waals surface area contributed by atoms with Crippen molar-refractivity contribution in [1.29, 1.82) is 5.26 Å². The van der Waals surface area contributed by atoms with Crippen molar-refractivity contribution in [2.24, 2.45) is 0 Å². The quantitative estimate of drug-likeness (QED) is 0.778. The Hall–Kier alpha value is -2.47. The number of rotatable bonds is 1. The third-order valence-electron chi connectivity index (χ3n) is 4.18. The normalized spacial score (nSPS) is 19.4. The highest BCUT2D eigenvalue weighted by Gasteiger charge is 2.50. The van der Waals surface area contributed by atoms with Gasteiger partial charge >= 0.3 is 6.18 Å². The van der Waals surface area contributed by atoms with E-state index in [0.29, 0.717) is 6.20 Å². The zero-order chi connectivity index (χ0) is 18.6. The topological polar surface area (TPSA) is 49.0 Å². The van der Waals surface area contributed by atoms with Gasteiger partial charge < -0.3 is 9.67 Å². The highest BCUT2D eigenvalue weighted by Crippen LogP contribution is 2.48. The smallest absolute Gasteiger partial charge is 0.382 e. The molecule has 0 bridgehead atoms. The van der Waals surface area contributed by atoms with Crippen molar-refractivity contribution in [3.8, 4) is 11.8 Å². The molecule has 1 aromatic carbocycles. The maximum absolute atomic E-state index is 13.8. The van der Waals surface area contributed by atoms with E-state index in [2.05, 4.69) is 0 Å². The zero-order valence-corrected chi connectivity index (χ0v) is 12.4. The minimum absolute atomic E-state index is 0.0549. The number of nitrogens with zero attached hydrogens (tertiary/aromatic N) is 2. The molecule has 0 saturated carbocycles. The lowest BCUT2D eigenvalue weighted by Crippen LogP contribution is -2.33. The number of halogens is 6. The summed E-state index contributed by atoms with van der Waals surface area (Å²) >= 11 is 0. The van der Waals surface area contributed by atoms with Crippen LogP contribution in [0.5, 0.6) is 0 Å². The van der Waals surface area contributed by atoms with Gasteiger partial charge in [-0.05, 0) is 24.6 Å². The first kappa shape index (κ1) is 17.4. The van der Waals surface area contributed by atoms with Crippen LogP contribution in [0.4, 0.5) is 26.3 Å². The average Bonchev–Trinajstić information content (AvgIpc) is 2.91. The number of aliphatic hydroxyl groups excluding tert-OH is 1. The summed E-state index contributed by atoms with van der Waals surface area (Å²) in [6.07, 6.45) is -8.25. The van der Waals surface area contributed by atoms with Gasteiger partial charge in [-0.15, -0.1) is 0 Å². The Morgan fingerprint density at radius 1 is 1.28 bits per heavy atom. The van der Waals surface area contributed by atoms with Gasteiger partial charge in [0.1, 0.15) is 18.0 Å². The van der Waals surface area contributed by atoms with Crippen LogP contribution >= 0.6 is 0 Å². The first-order valence-corrected chi connectivity index (χ1v) is 7.13. The molecule has 1 aliphatic rings. The van der Waals surface area contributed by atoms with Crippen LogP contribution in [0.3, 0.4) is 0 Å². The summed E-state index contributed by atoms with van der Waals surface area (Å²) in [6.45, 7) is 0. The van der Waals surface area contributed by atoms with Gasteiger partial charge in [-0.3, -0.25) is 0 Å². The van der Waals surface area contributed by atoms with Crippen LogP contribution in [0.2, 0.25) is 0 Å². The predicted octanol–water partition coefficient (Wildman–Crippen LogP) is 4.12. The van der Waals surface area contributed by atoms with Crippen molar-refractivity contribution >= 4 is 0 Å². The van der Waals surface area contributed by atoms with E-state index in [9.17, 15) is 31.4 Å². The Morgan fingerprint density at radius 2 is 1.96 bits per heavy atom. The van der Waals surface area contributed by atoms with E-state index in [0.717, 1.165) is 16.7 Å². The van der Waals surface area contributed by atoms with Gasteiger partial charge in [0.2, 0.25) is 0 Å². The van der Waals surface area contributed by atoms with Crippen molar-refractivity contribution < 1.29 is 31.4 Å². The fourth-order valence-corrected chi connectivity index (χ4v) is 2.96. The molecule has 0 fully saturated rings. The number of hydrogen-bond donors (Lipinski definition) is 1. The summed E-state index contributed by atoms with van der Waals surface area (Å²) < 4.78 is 81.8. The molecule has 1 atom stereocenters. The van der Waals surface area contributed by atoms with Gasteiger partial charge in [-0.25, -0.2) is 13.2 Å². The SMILES string of the molecule is N#Cc1ccc(-n2cc(C(F)(F)F)c3c2CCC(F)(F)C3O)cc1F. The minimum Gasteiger partial charge on any atom is -0.382 e. The minimum atomic E-state index is -4.96. The highest BCUT2D eigenvalue weighted by molar-refractivity contribution is 5.48. The van der Waals surface area contributed by atoms with Gasteiger partial charge in [-0.2, -0.15) is 18.4 Å². The number of aliphatic hydroxyl groups is 1. The molecule has 25 heavy (non-hydrogen) atoms. The van der Waals surface area contributed by atoms with Crippen molar-refractivity contribution in [3.63, 3.8) is 0 Å². The molecule has 0 amide bonds. The average molecular weight is 360 g/mol. The van der Waals surface area contributed by atoms with E-state index in [-0.39, 0.29) is 16.9 Å². The van der Waals surface area contributed by atoms with Crippen molar-refractivity contribution in [2.45, 2.75) is 31.0 Å². The van der Waals surface area contributed by atoms with Crippen molar-refractivity contribution in [3.05, 3.63) is 52.6 Å². The standard InChI is InChI=1S/C16H10F6N2O/c17-11-5-9(2-1-8(11)6-23)24-7-10(16(20,21)22)13-12(24)3-4-15(18,19)14(13)25/h1-2,5,7,14,25H,3-4H2. The number of benzene rings is 1. The molecule has 0 radical (unpaired) electrons. The first-order valence-electron chi connectivity index (χ1n) is 7.13. The molecule has 1 N–H and O–H groups in total. The summed E-state index contributed by atoms with van der Waals surface area (Å²) in [7, 11) is 0. The molecule has 1 aromatic heterocycles. The van der Waals surface area contributed by atoms with E-state index in [1.807, 2.05) is 0 Å². The lowest BCUT2D eigenvalue weighted by Gasteiger charge is -2.29. The Morgan fingerprint density at radius 3 is 2.52 bits per heavy atom. The molecule has 9 heteroatoms. The molecule has 0 saturated heterocycles. The first-order chi connectivity index (χ1) is 11.6. The number of aromatic nitrogens is 1. The van der Waals surface area contributed by atoms with E-state index in [1.165, 1.54) is 6.07 Å². The molecular weight excluding hydrogens is 350 g/mol. The fourth-order valence-electron chi connectivity index (χ4n) is 2.96. The van der Waals surface area contributed by atoms with Crippen LogP contribution in [0.1, 0.15) is 34.9 Å². The van der Waals surface area contributed by atoms with E-state index < -0.39 is 48.0 Å². The molecular formula is C16H10F6N2O. The van der Waals surface area contributed by atoms with E-state index >= 15 is 0 Å². The van der Waals surface area contributed by atoms with Crippen molar-refractivity contribution in [1.82, 2.24) is 4.57 Å². The van der Waals surface area contributed by atoms with E-state index in [1.54, 1.807) is 6.07 Å². The van der Waals surface area contributed by atoms with Gasteiger partial charge in [0.25, 0.3) is 5.92 Å². The van der Waals surface area contributed by atoms with E-state index in [4.69, 9.17) is 5.26 Å². The summed E-state index contributed by atoms with van der Waals surface area (Å²) in [5, 5.41) is 18.5. The van der Waals surface area contributed by atoms with Gasteiger partial charge in [-0.1, -0.05) is 0 Å². The molecule has 0 aliphatic heterocycles. The molecule has 3 nitrogen and oxygen atoms in total. The van der Waals surface area contributed by atoms with Crippen LogP contribution in [0, 0.1) is 17.1 Å². The third-order valence-corrected chi connectivity index (χ3v) is 4.18. The Balaban J connectivity index is 2.24. The number of alkyl halides is 5. The zero-order valence-electron chi connectivity index (χ0n) is 12.4.